The van der Waals surface area contributed by atoms with E-state index in [0.717, 1.165) is 24.8 Å². The van der Waals surface area contributed by atoms with Crippen molar-refractivity contribution in [3.8, 4) is 11.5 Å². The smallest absolute Gasteiger partial charge is 0.247 e. The second kappa shape index (κ2) is 14.4. The molecule has 0 radical (unpaired) electrons. The van der Waals surface area contributed by atoms with Gasteiger partial charge in [-0.05, 0) is 73.4 Å². The summed E-state index contributed by atoms with van der Waals surface area (Å²) in [6, 6.07) is 13.1. The highest BCUT2D eigenvalue weighted by atomic mass is 16.7. The van der Waals surface area contributed by atoms with Crippen molar-refractivity contribution in [3.05, 3.63) is 76.9 Å². The number of phenolic OH excluding ortho intramolecular Hbond substituents is 1. The van der Waals surface area contributed by atoms with Crippen molar-refractivity contribution in [1.29, 1.82) is 0 Å². The third-order valence-corrected chi connectivity index (χ3v) is 9.16. The molecule has 45 heavy (non-hydrogen) atoms. The first kappa shape index (κ1) is 33.1. The third-order valence-electron chi connectivity index (χ3n) is 9.16. The SMILES string of the molecule is C/C(=C\c1ccc(O[C@@H]2O[C@H](/C(C)=C/COCc3ccccc3)[C@@H](O)[C@@H]2O)c(O)c1)C(=O)N[C@@H]1[C@H](O)[C@@H](O)[C@H]2CCC[C@H]2[C@@H]1O. The zero-order chi connectivity index (χ0) is 32.2. The molecular formula is C34H43NO10. The minimum absolute atomic E-state index is 0.00698. The number of carbonyl (C=O) groups excluding carboxylic acids is 1. The lowest BCUT2D eigenvalue weighted by Crippen LogP contribution is -2.63. The van der Waals surface area contributed by atoms with Gasteiger partial charge in [0.25, 0.3) is 0 Å². The largest absolute Gasteiger partial charge is 0.504 e. The highest BCUT2D eigenvalue weighted by Crippen LogP contribution is 2.43. The number of amides is 1. The Morgan fingerprint density at radius 1 is 0.933 bits per heavy atom. The van der Waals surface area contributed by atoms with Crippen LogP contribution in [0.1, 0.15) is 44.2 Å². The molecule has 0 spiro atoms. The number of hydrogen-bond acceptors (Lipinski definition) is 10. The summed E-state index contributed by atoms with van der Waals surface area (Å²) in [5.74, 6) is -1.16. The van der Waals surface area contributed by atoms with Crippen molar-refractivity contribution in [2.45, 2.75) is 88.7 Å². The number of aliphatic hydroxyl groups is 5. The third kappa shape index (κ3) is 7.41. The van der Waals surface area contributed by atoms with Crippen LogP contribution in [0, 0.1) is 11.8 Å². The summed E-state index contributed by atoms with van der Waals surface area (Å²) in [5, 5.41) is 66.4. The van der Waals surface area contributed by atoms with E-state index in [9.17, 15) is 35.4 Å². The molecule has 7 N–H and O–H groups in total. The number of hydrogen-bond donors (Lipinski definition) is 7. The maximum atomic E-state index is 12.9. The highest BCUT2D eigenvalue weighted by molar-refractivity contribution is 5.97. The maximum absolute atomic E-state index is 12.9. The first-order valence-corrected chi connectivity index (χ1v) is 15.4. The van der Waals surface area contributed by atoms with Crippen molar-refractivity contribution in [1.82, 2.24) is 5.32 Å². The van der Waals surface area contributed by atoms with E-state index in [-0.39, 0.29) is 35.5 Å². The van der Waals surface area contributed by atoms with Crippen LogP contribution in [0.5, 0.6) is 11.5 Å². The van der Waals surface area contributed by atoms with Gasteiger partial charge in [0.05, 0.1) is 31.5 Å². The molecule has 3 aliphatic rings. The van der Waals surface area contributed by atoms with Crippen molar-refractivity contribution >= 4 is 12.0 Å². The Balaban J connectivity index is 1.16. The van der Waals surface area contributed by atoms with E-state index in [2.05, 4.69) is 5.32 Å². The molecule has 10 atom stereocenters. The summed E-state index contributed by atoms with van der Waals surface area (Å²) in [4.78, 5) is 12.9. The van der Waals surface area contributed by atoms with Gasteiger partial charge in [0, 0.05) is 5.57 Å². The number of phenols is 1. The fraction of sp³-hybridized carbons (Fsp3) is 0.500. The number of aromatic hydroxyl groups is 1. The monoisotopic (exact) mass is 625 g/mol. The van der Waals surface area contributed by atoms with Gasteiger partial charge < -0.3 is 50.2 Å². The first-order valence-electron chi connectivity index (χ1n) is 15.4. The van der Waals surface area contributed by atoms with E-state index in [0.29, 0.717) is 17.7 Å². The zero-order valence-corrected chi connectivity index (χ0v) is 25.4. The lowest BCUT2D eigenvalue weighted by atomic mass is 9.73. The second-order valence-electron chi connectivity index (χ2n) is 12.3. The van der Waals surface area contributed by atoms with Crippen LogP contribution in [-0.4, -0.2) is 92.1 Å². The van der Waals surface area contributed by atoms with Crippen LogP contribution in [0.15, 0.2) is 65.8 Å². The van der Waals surface area contributed by atoms with E-state index >= 15 is 0 Å². The van der Waals surface area contributed by atoms with Gasteiger partial charge in [0.15, 0.2) is 11.5 Å². The lowest BCUT2D eigenvalue weighted by molar-refractivity contribution is -0.139. The van der Waals surface area contributed by atoms with Gasteiger partial charge in [-0.3, -0.25) is 4.79 Å². The number of aliphatic hydroxyl groups excluding tert-OH is 5. The Bertz CT molecular complexity index is 1380. The van der Waals surface area contributed by atoms with E-state index in [1.807, 2.05) is 30.3 Å². The predicted octanol–water partition coefficient (Wildman–Crippen LogP) is 1.78. The van der Waals surface area contributed by atoms with Gasteiger partial charge in [-0.25, -0.2) is 0 Å². The molecule has 1 amide bonds. The average molecular weight is 626 g/mol. The van der Waals surface area contributed by atoms with E-state index in [1.54, 1.807) is 26.0 Å². The molecule has 0 unspecified atom stereocenters. The van der Waals surface area contributed by atoms with Crippen molar-refractivity contribution < 1.29 is 49.6 Å². The van der Waals surface area contributed by atoms with Crippen LogP contribution < -0.4 is 10.1 Å². The Hall–Kier alpha value is -3.29. The van der Waals surface area contributed by atoms with Crippen molar-refractivity contribution in [3.63, 3.8) is 0 Å². The minimum atomic E-state index is -1.38. The molecule has 2 aromatic rings. The summed E-state index contributed by atoms with van der Waals surface area (Å²) >= 11 is 0. The predicted molar refractivity (Wildman–Crippen MR) is 164 cm³/mol. The number of benzene rings is 2. The summed E-state index contributed by atoms with van der Waals surface area (Å²) in [6.07, 6.45) is -2.38. The molecule has 2 aliphatic carbocycles. The molecular weight excluding hydrogens is 582 g/mol. The van der Waals surface area contributed by atoms with Crippen molar-refractivity contribution in [2.24, 2.45) is 11.8 Å². The standard InChI is InChI=1S/C34H43NO10/c1-18(13-14-43-17-20-7-4-3-5-8-20)32-30(40)31(41)34(45-32)44-25-12-11-21(16-24(25)36)15-19(2)33(42)35-26-27(37)22-9-6-10-23(22)28(38)29(26)39/h3-5,7-8,11-13,15-16,22-23,26-32,34,36-41H,6,9-10,14,17H2,1-2H3,(H,35,42)/b18-13+,19-15+/t22-,23+,26+,27+,28+,29+,30+,31+,32-,34-/m1/s1. The summed E-state index contributed by atoms with van der Waals surface area (Å²) < 4.78 is 17.2. The van der Waals surface area contributed by atoms with E-state index in [4.69, 9.17) is 14.2 Å². The number of rotatable bonds is 10. The Morgan fingerprint density at radius 2 is 1.64 bits per heavy atom. The molecule has 11 nitrogen and oxygen atoms in total. The van der Waals surface area contributed by atoms with Gasteiger partial charge >= 0.3 is 0 Å². The second-order valence-corrected chi connectivity index (χ2v) is 12.3. The Morgan fingerprint density at radius 3 is 2.36 bits per heavy atom. The zero-order valence-electron chi connectivity index (χ0n) is 25.4. The number of nitrogens with one attached hydrogen (secondary N) is 1. The molecule has 2 aromatic carbocycles. The summed E-state index contributed by atoms with van der Waals surface area (Å²) in [7, 11) is 0. The quantitative estimate of drug-likeness (QED) is 0.117. The van der Waals surface area contributed by atoms with Crippen LogP contribution in [0.2, 0.25) is 0 Å². The topological polar surface area (TPSA) is 178 Å². The van der Waals surface area contributed by atoms with Gasteiger partial charge in [-0.15, -0.1) is 0 Å². The van der Waals surface area contributed by atoms with Gasteiger partial charge in [0.2, 0.25) is 12.2 Å². The average Bonchev–Trinajstić information content (AvgIpc) is 3.63. The molecule has 1 saturated heterocycles. The van der Waals surface area contributed by atoms with Crippen LogP contribution >= 0.6 is 0 Å². The number of fused-ring (bicyclic) bond motifs is 1. The first-order chi connectivity index (χ1) is 21.5. The fourth-order valence-corrected chi connectivity index (χ4v) is 6.58. The van der Waals surface area contributed by atoms with Crippen LogP contribution in [0.4, 0.5) is 0 Å². The minimum Gasteiger partial charge on any atom is -0.504 e. The van der Waals surface area contributed by atoms with Crippen molar-refractivity contribution in [2.75, 3.05) is 6.61 Å². The van der Waals surface area contributed by atoms with Gasteiger partial charge in [0.1, 0.15) is 24.4 Å². The molecule has 0 bridgehead atoms. The molecule has 244 valence electrons. The number of carbonyl (C=O) groups is 1. The van der Waals surface area contributed by atoms with Crippen LogP contribution in [0.25, 0.3) is 6.08 Å². The Kier molecular flexibility index (Phi) is 10.6. The molecule has 0 aromatic heterocycles. The van der Waals surface area contributed by atoms with Gasteiger partial charge in [-0.1, -0.05) is 48.9 Å². The molecule has 2 saturated carbocycles. The number of ether oxygens (including phenoxy) is 3. The Labute approximate surface area is 262 Å². The molecule has 3 fully saturated rings. The molecule has 1 aliphatic heterocycles. The lowest BCUT2D eigenvalue weighted by Gasteiger charge is -2.43. The fourth-order valence-electron chi connectivity index (χ4n) is 6.58. The van der Waals surface area contributed by atoms with E-state index < -0.39 is 54.9 Å². The summed E-state index contributed by atoms with van der Waals surface area (Å²) in [6.45, 7) is 4.03. The summed E-state index contributed by atoms with van der Waals surface area (Å²) in [5.41, 5.74) is 2.41. The molecule has 5 rings (SSSR count). The molecule has 1 heterocycles. The van der Waals surface area contributed by atoms with Gasteiger partial charge in [-0.2, -0.15) is 0 Å². The maximum Gasteiger partial charge on any atom is 0.247 e. The molecule has 11 heteroatoms. The van der Waals surface area contributed by atoms with Crippen LogP contribution in [0.3, 0.4) is 0 Å². The normalized spacial score (nSPS) is 33.6. The highest BCUT2D eigenvalue weighted by Gasteiger charge is 2.51. The van der Waals surface area contributed by atoms with Crippen LogP contribution in [-0.2, 0) is 20.9 Å². The van der Waals surface area contributed by atoms with E-state index in [1.165, 1.54) is 18.2 Å².